The highest BCUT2D eigenvalue weighted by Gasteiger charge is 2.11. The first kappa shape index (κ1) is 18.1. The van der Waals surface area contributed by atoms with Crippen molar-refractivity contribution in [3.05, 3.63) is 99.0 Å². The van der Waals surface area contributed by atoms with Crippen molar-refractivity contribution in [2.24, 2.45) is 0 Å². The molecule has 1 amide bonds. The Morgan fingerprint density at radius 3 is 2.61 bits per heavy atom. The maximum Gasteiger partial charge on any atom is 0.265 e. The van der Waals surface area contributed by atoms with E-state index in [0.29, 0.717) is 33.7 Å². The molecule has 0 fully saturated rings. The molecule has 138 valence electrons. The highest BCUT2D eigenvalue weighted by molar-refractivity contribution is 9.10. The Morgan fingerprint density at radius 2 is 1.79 bits per heavy atom. The number of carbonyl (C=O) groups is 1. The molecule has 5 nitrogen and oxygen atoms in total. The number of aromatic nitrogens is 2. The summed E-state index contributed by atoms with van der Waals surface area (Å²) < 4.78 is 2.38. The summed E-state index contributed by atoms with van der Waals surface area (Å²) in [5.74, 6) is 0.360. The highest BCUT2D eigenvalue weighted by atomic mass is 79.9. The van der Waals surface area contributed by atoms with E-state index in [1.165, 1.54) is 0 Å². The molecule has 0 spiro atoms. The van der Waals surface area contributed by atoms with Crippen LogP contribution in [0.15, 0.2) is 82.1 Å². The van der Waals surface area contributed by atoms with Crippen molar-refractivity contribution in [2.75, 3.05) is 5.32 Å². The van der Waals surface area contributed by atoms with E-state index in [1.54, 1.807) is 54.0 Å². The molecule has 4 rings (SSSR count). The lowest BCUT2D eigenvalue weighted by molar-refractivity contribution is 0.102. The van der Waals surface area contributed by atoms with Gasteiger partial charge in [0, 0.05) is 15.7 Å². The standard InChI is InChI=1S/C22H16BrN3O2/c1-14-24-20-11-3-2-10-19(20)22(28)26(14)18-9-5-8-17(13-18)25-21(27)15-6-4-7-16(23)12-15/h2-13H,1H3,(H,25,27). The molecule has 0 saturated carbocycles. The number of fused-ring (bicyclic) bond motifs is 1. The van der Waals surface area contributed by atoms with Gasteiger partial charge in [0.05, 0.1) is 16.6 Å². The third kappa shape index (κ3) is 3.46. The van der Waals surface area contributed by atoms with Gasteiger partial charge in [-0.05, 0) is 55.5 Å². The average molecular weight is 434 g/mol. The molecule has 1 heterocycles. The van der Waals surface area contributed by atoms with E-state index in [-0.39, 0.29) is 11.5 Å². The fraction of sp³-hybridized carbons (Fsp3) is 0.0455. The fourth-order valence-corrected chi connectivity index (χ4v) is 3.50. The monoisotopic (exact) mass is 433 g/mol. The number of para-hydroxylation sites is 1. The van der Waals surface area contributed by atoms with Crippen molar-refractivity contribution in [2.45, 2.75) is 6.92 Å². The van der Waals surface area contributed by atoms with E-state index < -0.39 is 0 Å². The first-order valence-electron chi connectivity index (χ1n) is 8.69. The smallest absolute Gasteiger partial charge is 0.265 e. The molecule has 0 aliphatic carbocycles. The van der Waals surface area contributed by atoms with Crippen molar-refractivity contribution >= 4 is 38.4 Å². The van der Waals surface area contributed by atoms with Gasteiger partial charge in [0.25, 0.3) is 11.5 Å². The molecule has 1 aromatic heterocycles. The number of halogens is 1. The Hall–Kier alpha value is -3.25. The molecule has 4 aromatic rings. The second-order valence-electron chi connectivity index (χ2n) is 6.33. The van der Waals surface area contributed by atoms with Crippen LogP contribution in [0.25, 0.3) is 16.6 Å². The second kappa shape index (κ2) is 7.40. The van der Waals surface area contributed by atoms with Crippen LogP contribution in [0.5, 0.6) is 0 Å². The van der Waals surface area contributed by atoms with Gasteiger partial charge in [0.15, 0.2) is 0 Å². The number of rotatable bonds is 3. The minimum absolute atomic E-state index is 0.140. The Kier molecular flexibility index (Phi) is 4.79. The lowest BCUT2D eigenvalue weighted by Crippen LogP contribution is -2.22. The molecule has 0 bridgehead atoms. The zero-order valence-electron chi connectivity index (χ0n) is 15.0. The normalized spacial score (nSPS) is 10.8. The quantitative estimate of drug-likeness (QED) is 0.508. The van der Waals surface area contributed by atoms with E-state index in [9.17, 15) is 9.59 Å². The molecule has 3 aromatic carbocycles. The molecule has 28 heavy (non-hydrogen) atoms. The summed E-state index contributed by atoms with van der Waals surface area (Å²) in [5, 5.41) is 3.43. The van der Waals surface area contributed by atoms with Crippen LogP contribution in [-0.4, -0.2) is 15.5 Å². The van der Waals surface area contributed by atoms with E-state index >= 15 is 0 Å². The maximum absolute atomic E-state index is 13.0. The number of aryl methyl sites for hydroxylation is 1. The van der Waals surface area contributed by atoms with Crippen molar-refractivity contribution in [1.82, 2.24) is 9.55 Å². The number of carbonyl (C=O) groups excluding carboxylic acids is 1. The summed E-state index contributed by atoms with van der Waals surface area (Å²) in [6.45, 7) is 1.79. The minimum atomic E-state index is -0.223. The first-order chi connectivity index (χ1) is 13.5. The Labute approximate surface area is 169 Å². The van der Waals surface area contributed by atoms with E-state index in [0.717, 1.165) is 4.47 Å². The number of nitrogens with zero attached hydrogens (tertiary/aromatic N) is 2. The fourth-order valence-electron chi connectivity index (χ4n) is 3.10. The van der Waals surface area contributed by atoms with Gasteiger partial charge in [-0.3, -0.25) is 14.2 Å². The molecule has 0 atom stereocenters. The molecule has 6 heteroatoms. The van der Waals surface area contributed by atoms with Crippen molar-refractivity contribution in [3.8, 4) is 5.69 Å². The summed E-state index contributed by atoms with van der Waals surface area (Å²) in [4.78, 5) is 30.0. The number of nitrogens with one attached hydrogen (secondary N) is 1. The lowest BCUT2D eigenvalue weighted by Gasteiger charge is -2.13. The van der Waals surface area contributed by atoms with E-state index in [1.807, 2.05) is 30.3 Å². The van der Waals surface area contributed by atoms with Gasteiger partial charge in [-0.15, -0.1) is 0 Å². The van der Waals surface area contributed by atoms with Crippen LogP contribution in [0, 0.1) is 6.92 Å². The number of hydrogen-bond donors (Lipinski definition) is 1. The average Bonchev–Trinajstić information content (AvgIpc) is 2.68. The van der Waals surface area contributed by atoms with Gasteiger partial charge >= 0.3 is 0 Å². The maximum atomic E-state index is 13.0. The summed E-state index contributed by atoms with van der Waals surface area (Å²) in [6, 6.07) is 21.6. The van der Waals surface area contributed by atoms with Crippen LogP contribution in [0.3, 0.4) is 0 Å². The molecule has 0 aliphatic heterocycles. The largest absolute Gasteiger partial charge is 0.322 e. The lowest BCUT2D eigenvalue weighted by atomic mass is 10.2. The van der Waals surface area contributed by atoms with Crippen molar-refractivity contribution in [1.29, 1.82) is 0 Å². The zero-order chi connectivity index (χ0) is 19.7. The molecule has 0 radical (unpaired) electrons. The van der Waals surface area contributed by atoms with Gasteiger partial charge in [-0.25, -0.2) is 4.98 Å². The first-order valence-corrected chi connectivity index (χ1v) is 9.48. The number of benzene rings is 3. The van der Waals surface area contributed by atoms with Crippen LogP contribution in [0.4, 0.5) is 5.69 Å². The predicted molar refractivity (Wildman–Crippen MR) is 114 cm³/mol. The van der Waals surface area contributed by atoms with Crippen molar-refractivity contribution < 1.29 is 4.79 Å². The number of hydrogen-bond acceptors (Lipinski definition) is 3. The van der Waals surface area contributed by atoms with Gasteiger partial charge in [-0.2, -0.15) is 0 Å². The minimum Gasteiger partial charge on any atom is -0.322 e. The Balaban J connectivity index is 1.73. The third-order valence-electron chi connectivity index (χ3n) is 4.39. The molecule has 0 saturated heterocycles. The molecular formula is C22H16BrN3O2. The molecular weight excluding hydrogens is 418 g/mol. The summed E-state index contributed by atoms with van der Waals surface area (Å²) in [6.07, 6.45) is 0. The predicted octanol–water partition coefficient (Wildman–Crippen LogP) is 4.71. The Morgan fingerprint density at radius 1 is 1.00 bits per heavy atom. The van der Waals surface area contributed by atoms with E-state index in [2.05, 4.69) is 26.2 Å². The van der Waals surface area contributed by atoms with Crippen molar-refractivity contribution in [3.63, 3.8) is 0 Å². The van der Waals surface area contributed by atoms with Gasteiger partial charge in [-0.1, -0.05) is 40.2 Å². The van der Waals surface area contributed by atoms with Crippen LogP contribution in [0.2, 0.25) is 0 Å². The van der Waals surface area contributed by atoms with E-state index in [4.69, 9.17) is 0 Å². The van der Waals surface area contributed by atoms with Crippen LogP contribution < -0.4 is 10.9 Å². The third-order valence-corrected chi connectivity index (χ3v) is 4.89. The second-order valence-corrected chi connectivity index (χ2v) is 7.25. The van der Waals surface area contributed by atoms with Crippen LogP contribution in [0.1, 0.15) is 16.2 Å². The zero-order valence-corrected chi connectivity index (χ0v) is 16.6. The number of amides is 1. The molecule has 0 unspecified atom stereocenters. The van der Waals surface area contributed by atoms with Crippen LogP contribution >= 0.6 is 15.9 Å². The van der Waals surface area contributed by atoms with Gasteiger partial charge < -0.3 is 5.32 Å². The van der Waals surface area contributed by atoms with Crippen LogP contribution in [-0.2, 0) is 0 Å². The SMILES string of the molecule is Cc1nc2ccccc2c(=O)n1-c1cccc(NC(=O)c2cccc(Br)c2)c1. The summed E-state index contributed by atoms with van der Waals surface area (Å²) >= 11 is 3.37. The highest BCUT2D eigenvalue weighted by Crippen LogP contribution is 2.18. The summed E-state index contributed by atoms with van der Waals surface area (Å²) in [5.41, 5.74) is 2.31. The molecule has 0 aliphatic rings. The Bertz CT molecular complexity index is 1260. The molecule has 1 N–H and O–H groups in total. The summed E-state index contributed by atoms with van der Waals surface area (Å²) in [7, 11) is 0. The van der Waals surface area contributed by atoms with Gasteiger partial charge in [0.2, 0.25) is 0 Å². The van der Waals surface area contributed by atoms with Gasteiger partial charge in [0.1, 0.15) is 5.82 Å². The number of anilines is 1. The topological polar surface area (TPSA) is 64.0 Å².